The second-order valence-corrected chi connectivity index (χ2v) is 7.48. The van der Waals surface area contributed by atoms with E-state index in [9.17, 15) is 9.59 Å². The second-order valence-electron chi connectivity index (χ2n) is 7.48. The van der Waals surface area contributed by atoms with Gasteiger partial charge in [0.2, 0.25) is 5.91 Å². The van der Waals surface area contributed by atoms with Gasteiger partial charge in [-0.2, -0.15) is 5.10 Å². The summed E-state index contributed by atoms with van der Waals surface area (Å²) in [5.41, 5.74) is 5.40. The number of hydrogen-bond donors (Lipinski definition) is 2. The molecule has 8 heteroatoms. The number of fused-ring (bicyclic) bond motifs is 3. The van der Waals surface area contributed by atoms with Crippen LogP contribution in [0.25, 0.3) is 38.6 Å². The molecule has 0 unspecified atom stereocenters. The van der Waals surface area contributed by atoms with Crippen LogP contribution in [0.4, 0.5) is 5.69 Å². The van der Waals surface area contributed by atoms with Crippen LogP contribution in [-0.4, -0.2) is 25.7 Å². The first-order valence-electron chi connectivity index (χ1n) is 10.0. The molecular weight excluding hydrogens is 438 g/mol. The summed E-state index contributed by atoms with van der Waals surface area (Å²) in [6, 6.07) is 14.8. The van der Waals surface area contributed by atoms with E-state index in [1.165, 1.54) is 12.1 Å². The first kappa shape index (κ1) is 22.0. The van der Waals surface area contributed by atoms with E-state index in [4.69, 9.17) is 0 Å². The number of halogens is 1. The summed E-state index contributed by atoms with van der Waals surface area (Å²) >= 11 is 0. The fraction of sp³-hybridized carbons (Fsp3) is 0.0400. The van der Waals surface area contributed by atoms with Gasteiger partial charge in [0.15, 0.2) is 0 Å². The lowest BCUT2D eigenvalue weighted by molar-refractivity contribution is -0.111. The van der Waals surface area contributed by atoms with Gasteiger partial charge in [-0.1, -0.05) is 18.7 Å². The molecule has 0 fully saturated rings. The van der Waals surface area contributed by atoms with Crippen molar-refractivity contribution in [2.75, 3.05) is 5.32 Å². The van der Waals surface area contributed by atoms with E-state index in [1.54, 1.807) is 29.1 Å². The summed E-state index contributed by atoms with van der Waals surface area (Å²) in [5, 5.41) is 11.3. The van der Waals surface area contributed by atoms with Crippen LogP contribution in [0.2, 0.25) is 0 Å². The minimum atomic E-state index is -0.310. The molecular formula is C25H20ClN5O2. The normalized spacial score (nSPS) is 10.7. The molecule has 164 valence electrons. The van der Waals surface area contributed by atoms with Crippen LogP contribution in [0.15, 0.2) is 84.6 Å². The Morgan fingerprint density at radius 1 is 1.09 bits per heavy atom. The number of aromatic amines is 1. The van der Waals surface area contributed by atoms with E-state index in [0.29, 0.717) is 11.4 Å². The molecule has 3 heterocycles. The Morgan fingerprint density at radius 2 is 1.94 bits per heavy atom. The third-order valence-electron chi connectivity index (χ3n) is 5.47. The highest BCUT2D eigenvalue weighted by atomic mass is 35.5. The van der Waals surface area contributed by atoms with Crippen molar-refractivity contribution in [2.24, 2.45) is 0 Å². The number of carbonyl (C=O) groups excluding carboxylic acids is 1. The van der Waals surface area contributed by atoms with Crippen LogP contribution < -0.4 is 10.9 Å². The highest BCUT2D eigenvalue weighted by Gasteiger charge is 2.13. The largest absolute Gasteiger partial charge is 0.322 e. The third-order valence-corrected chi connectivity index (χ3v) is 5.47. The summed E-state index contributed by atoms with van der Waals surface area (Å²) in [7, 11) is 0. The zero-order chi connectivity index (χ0) is 22.2. The SMILES string of the molecule is C=CC(=O)Nc1cc(-n2c(=O)ccc3cnc4ccc(-c5cn[nH]c5)cc4c32)ccc1C.Cl. The topological polar surface area (TPSA) is 92.7 Å². The number of pyridine rings is 2. The molecule has 0 atom stereocenters. The summed E-state index contributed by atoms with van der Waals surface area (Å²) in [6.45, 7) is 5.40. The van der Waals surface area contributed by atoms with Gasteiger partial charge in [-0.3, -0.25) is 24.2 Å². The number of benzene rings is 2. The molecule has 0 bridgehead atoms. The summed E-state index contributed by atoms with van der Waals surface area (Å²) in [4.78, 5) is 29.5. The predicted octanol–water partition coefficient (Wildman–Crippen LogP) is 4.78. The number of nitrogens with one attached hydrogen (secondary N) is 2. The maximum atomic E-state index is 13.1. The molecule has 0 aliphatic rings. The average molecular weight is 458 g/mol. The summed E-state index contributed by atoms with van der Waals surface area (Å²) < 4.78 is 1.65. The Hall–Kier alpha value is -4.23. The zero-order valence-corrected chi connectivity index (χ0v) is 18.5. The van der Waals surface area contributed by atoms with E-state index < -0.39 is 0 Å². The van der Waals surface area contributed by atoms with Crippen LogP contribution in [0.3, 0.4) is 0 Å². The molecule has 7 nitrogen and oxygen atoms in total. The molecule has 0 radical (unpaired) electrons. The number of aromatic nitrogens is 4. The molecule has 1 amide bonds. The molecule has 2 N–H and O–H groups in total. The van der Waals surface area contributed by atoms with Gasteiger partial charge < -0.3 is 5.32 Å². The number of H-pyrrole nitrogens is 1. The number of hydrogen-bond acceptors (Lipinski definition) is 4. The maximum absolute atomic E-state index is 13.1. The van der Waals surface area contributed by atoms with E-state index in [-0.39, 0.29) is 23.9 Å². The van der Waals surface area contributed by atoms with Crippen molar-refractivity contribution in [3.05, 3.63) is 95.7 Å². The van der Waals surface area contributed by atoms with Crippen LogP contribution in [0, 0.1) is 6.92 Å². The number of nitrogens with zero attached hydrogens (tertiary/aromatic N) is 3. The minimum Gasteiger partial charge on any atom is -0.322 e. The van der Waals surface area contributed by atoms with E-state index >= 15 is 0 Å². The van der Waals surface area contributed by atoms with E-state index in [1.807, 2.05) is 43.5 Å². The minimum absolute atomic E-state index is 0. The standard InChI is InChI=1S/C25H19N5O2.ClH/c1-3-23(31)29-22-11-19(7-4-15(22)2)30-24(32)9-6-17-12-26-21-8-5-16(10-20(21)25(17)30)18-13-27-28-14-18;/h3-14H,1H2,2H3,(H,27,28)(H,29,31);1H. The molecule has 5 aromatic rings. The average Bonchev–Trinajstić information content (AvgIpc) is 3.35. The second kappa shape index (κ2) is 8.72. The molecule has 2 aromatic carbocycles. The maximum Gasteiger partial charge on any atom is 0.255 e. The molecule has 33 heavy (non-hydrogen) atoms. The lowest BCUT2D eigenvalue weighted by atomic mass is 10.0. The smallest absolute Gasteiger partial charge is 0.255 e. The molecule has 0 saturated heterocycles. The number of aryl methyl sites for hydroxylation is 1. The Bertz CT molecular complexity index is 1570. The molecule has 0 spiro atoms. The van der Waals surface area contributed by atoms with Crippen LogP contribution >= 0.6 is 12.4 Å². The van der Waals surface area contributed by atoms with Crippen molar-refractivity contribution >= 4 is 45.8 Å². The van der Waals surface area contributed by atoms with Gasteiger partial charge in [0.1, 0.15) is 0 Å². The number of carbonyl (C=O) groups is 1. The van der Waals surface area contributed by atoms with E-state index in [0.717, 1.165) is 38.5 Å². The van der Waals surface area contributed by atoms with Gasteiger partial charge in [0.05, 0.1) is 22.9 Å². The van der Waals surface area contributed by atoms with Crippen LogP contribution in [0.5, 0.6) is 0 Å². The van der Waals surface area contributed by atoms with Crippen molar-refractivity contribution in [3.63, 3.8) is 0 Å². The lowest BCUT2D eigenvalue weighted by Crippen LogP contribution is -2.18. The predicted molar refractivity (Wildman–Crippen MR) is 133 cm³/mol. The summed E-state index contributed by atoms with van der Waals surface area (Å²) in [5.74, 6) is -0.310. The van der Waals surface area contributed by atoms with Gasteiger partial charge in [-0.15, -0.1) is 12.4 Å². The number of amides is 1. The van der Waals surface area contributed by atoms with Gasteiger partial charge in [-0.25, -0.2) is 0 Å². The number of anilines is 1. The highest BCUT2D eigenvalue weighted by molar-refractivity contribution is 6.05. The van der Waals surface area contributed by atoms with Crippen molar-refractivity contribution in [1.82, 2.24) is 19.7 Å². The monoisotopic (exact) mass is 457 g/mol. The van der Waals surface area contributed by atoms with E-state index in [2.05, 4.69) is 27.1 Å². The fourth-order valence-electron chi connectivity index (χ4n) is 3.82. The zero-order valence-electron chi connectivity index (χ0n) is 17.7. The molecule has 0 aliphatic carbocycles. The molecule has 0 aliphatic heterocycles. The first-order valence-corrected chi connectivity index (χ1v) is 10.0. The van der Waals surface area contributed by atoms with Crippen molar-refractivity contribution in [1.29, 1.82) is 0 Å². The molecule has 3 aromatic heterocycles. The Balaban J connectivity index is 0.00000259. The van der Waals surface area contributed by atoms with Crippen LogP contribution in [-0.2, 0) is 4.79 Å². The van der Waals surface area contributed by atoms with Crippen molar-refractivity contribution in [2.45, 2.75) is 6.92 Å². The molecule has 5 rings (SSSR count). The van der Waals surface area contributed by atoms with Gasteiger partial charge in [-0.05, 0) is 54.5 Å². The first-order chi connectivity index (χ1) is 15.5. The number of rotatable bonds is 4. The Kier molecular flexibility index (Phi) is 5.81. The quantitative estimate of drug-likeness (QED) is 0.300. The lowest BCUT2D eigenvalue weighted by Gasteiger charge is -2.15. The Labute approximate surface area is 195 Å². The summed E-state index contributed by atoms with van der Waals surface area (Å²) in [6.07, 6.45) is 6.55. The fourth-order valence-corrected chi connectivity index (χ4v) is 3.82. The molecule has 0 saturated carbocycles. The third kappa shape index (κ3) is 3.90. The van der Waals surface area contributed by atoms with Gasteiger partial charge >= 0.3 is 0 Å². The van der Waals surface area contributed by atoms with Gasteiger partial charge in [0, 0.05) is 40.5 Å². The Morgan fingerprint density at radius 3 is 2.70 bits per heavy atom. The highest BCUT2D eigenvalue weighted by Crippen LogP contribution is 2.30. The van der Waals surface area contributed by atoms with Crippen molar-refractivity contribution < 1.29 is 4.79 Å². The van der Waals surface area contributed by atoms with Gasteiger partial charge in [0.25, 0.3) is 5.56 Å². The van der Waals surface area contributed by atoms with Crippen LogP contribution in [0.1, 0.15) is 5.56 Å². The van der Waals surface area contributed by atoms with Crippen molar-refractivity contribution in [3.8, 4) is 16.8 Å².